The smallest absolute Gasteiger partial charge is 0.306 e. The van der Waals surface area contributed by atoms with Gasteiger partial charge in [0.1, 0.15) is 12.4 Å². The van der Waals surface area contributed by atoms with E-state index in [4.69, 9.17) is 9.84 Å². The SMILES string of the molecule is CC(Cc1ccc(OCC(F)F)cc1)C(=O)O. The first-order valence-corrected chi connectivity index (χ1v) is 5.21. The Labute approximate surface area is 98.0 Å². The minimum absolute atomic E-state index is 0.358. The third-order valence-corrected chi connectivity index (χ3v) is 2.26. The van der Waals surface area contributed by atoms with Crippen LogP contribution in [-0.4, -0.2) is 24.1 Å². The average molecular weight is 244 g/mol. The Bertz CT molecular complexity index is 363. The van der Waals surface area contributed by atoms with Gasteiger partial charge in [0.05, 0.1) is 5.92 Å². The summed E-state index contributed by atoms with van der Waals surface area (Å²) in [5.74, 6) is -0.970. The number of halogens is 2. The van der Waals surface area contributed by atoms with Crippen LogP contribution in [0.25, 0.3) is 0 Å². The second-order valence-electron chi connectivity index (χ2n) is 3.79. The van der Waals surface area contributed by atoms with E-state index in [1.165, 1.54) is 0 Å². The molecule has 0 amide bonds. The zero-order valence-corrected chi connectivity index (χ0v) is 9.40. The fourth-order valence-electron chi connectivity index (χ4n) is 1.32. The lowest BCUT2D eigenvalue weighted by Crippen LogP contribution is -2.12. The minimum Gasteiger partial charge on any atom is -0.488 e. The van der Waals surface area contributed by atoms with Crippen molar-refractivity contribution in [2.75, 3.05) is 6.61 Å². The van der Waals surface area contributed by atoms with Gasteiger partial charge < -0.3 is 9.84 Å². The maximum atomic E-state index is 11.9. The van der Waals surface area contributed by atoms with Gasteiger partial charge in [0.25, 0.3) is 6.43 Å². The zero-order chi connectivity index (χ0) is 12.8. The van der Waals surface area contributed by atoms with Crippen LogP contribution >= 0.6 is 0 Å². The lowest BCUT2D eigenvalue weighted by atomic mass is 10.0. The molecule has 1 atom stereocenters. The predicted molar refractivity (Wildman–Crippen MR) is 58.4 cm³/mol. The number of alkyl halides is 2. The molecule has 0 aliphatic heterocycles. The van der Waals surface area contributed by atoms with Gasteiger partial charge in [0.15, 0.2) is 0 Å². The van der Waals surface area contributed by atoms with Crippen molar-refractivity contribution in [1.82, 2.24) is 0 Å². The molecule has 1 rings (SSSR count). The summed E-state index contributed by atoms with van der Waals surface area (Å²) in [7, 11) is 0. The number of hydrogen-bond acceptors (Lipinski definition) is 2. The molecule has 3 nitrogen and oxygen atoms in total. The number of carboxylic acids is 1. The van der Waals surface area contributed by atoms with E-state index in [-0.39, 0.29) is 0 Å². The van der Waals surface area contributed by atoms with Crippen molar-refractivity contribution in [3.05, 3.63) is 29.8 Å². The average Bonchev–Trinajstić information content (AvgIpc) is 2.28. The van der Waals surface area contributed by atoms with E-state index in [2.05, 4.69) is 0 Å². The van der Waals surface area contributed by atoms with Crippen molar-refractivity contribution in [1.29, 1.82) is 0 Å². The summed E-state index contributed by atoms with van der Waals surface area (Å²) in [4.78, 5) is 10.6. The number of aliphatic carboxylic acids is 1. The second kappa shape index (κ2) is 6.18. The Kier molecular flexibility index (Phi) is 4.87. The highest BCUT2D eigenvalue weighted by Gasteiger charge is 2.11. The molecule has 0 saturated carbocycles. The van der Waals surface area contributed by atoms with Crippen LogP contribution in [-0.2, 0) is 11.2 Å². The molecule has 5 heteroatoms. The fraction of sp³-hybridized carbons (Fsp3) is 0.417. The molecule has 0 radical (unpaired) electrons. The first kappa shape index (κ1) is 13.4. The van der Waals surface area contributed by atoms with Crippen molar-refractivity contribution in [3.63, 3.8) is 0 Å². The van der Waals surface area contributed by atoms with Crippen LogP contribution in [0.2, 0.25) is 0 Å². The number of carbonyl (C=O) groups is 1. The Hall–Kier alpha value is -1.65. The van der Waals surface area contributed by atoms with E-state index >= 15 is 0 Å². The molecular formula is C12H14F2O3. The zero-order valence-electron chi connectivity index (χ0n) is 9.40. The highest BCUT2D eigenvalue weighted by atomic mass is 19.3. The lowest BCUT2D eigenvalue weighted by Gasteiger charge is -2.08. The predicted octanol–water partition coefficient (Wildman–Crippen LogP) is 2.59. The van der Waals surface area contributed by atoms with Gasteiger partial charge in [-0.3, -0.25) is 4.79 Å². The van der Waals surface area contributed by atoms with Gasteiger partial charge in [-0.1, -0.05) is 19.1 Å². The summed E-state index contributed by atoms with van der Waals surface area (Å²) in [6, 6.07) is 6.49. The summed E-state index contributed by atoms with van der Waals surface area (Å²) in [6.45, 7) is 0.981. The topological polar surface area (TPSA) is 46.5 Å². The minimum atomic E-state index is -2.50. The molecule has 0 fully saturated rings. The van der Waals surface area contributed by atoms with Crippen LogP contribution < -0.4 is 4.74 Å². The molecule has 0 aliphatic rings. The van der Waals surface area contributed by atoms with E-state index in [0.717, 1.165) is 5.56 Å². The molecule has 1 aromatic carbocycles. The number of rotatable bonds is 6. The summed E-state index contributed by atoms with van der Waals surface area (Å²) in [6.07, 6.45) is -2.09. The second-order valence-corrected chi connectivity index (χ2v) is 3.79. The van der Waals surface area contributed by atoms with E-state index in [9.17, 15) is 13.6 Å². The molecule has 0 aliphatic carbocycles. The van der Waals surface area contributed by atoms with Gasteiger partial charge in [-0.25, -0.2) is 8.78 Å². The highest BCUT2D eigenvalue weighted by Crippen LogP contribution is 2.15. The number of carboxylic acid groups (broad SMARTS) is 1. The number of ether oxygens (including phenoxy) is 1. The van der Waals surface area contributed by atoms with Crippen LogP contribution in [0, 0.1) is 5.92 Å². The van der Waals surface area contributed by atoms with Crippen LogP contribution in [0.3, 0.4) is 0 Å². The maximum Gasteiger partial charge on any atom is 0.306 e. The van der Waals surface area contributed by atoms with Crippen LogP contribution in [0.5, 0.6) is 5.75 Å². The van der Waals surface area contributed by atoms with E-state index in [0.29, 0.717) is 12.2 Å². The summed E-state index contributed by atoms with van der Waals surface area (Å²) in [5.41, 5.74) is 0.837. The van der Waals surface area contributed by atoms with Crippen molar-refractivity contribution in [2.24, 2.45) is 5.92 Å². The van der Waals surface area contributed by atoms with Gasteiger partial charge >= 0.3 is 5.97 Å². The summed E-state index contributed by atoms with van der Waals surface area (Å²) >= 11 is 0. The normalized spacial score (nSPS) is 12.5. The molecule has 94 valence electrons. The van der Waals surface area contributed by atoms with Gasteiger partial charge in [-0.05, 0) is 24.1 Å². The summed E-state index contributed by atoms with van der Waals surface area (Å²) < 4.78 is 28.5. The van der Waals surface area contributed by atoms with Crippen molar-refractivity contribution < 1.29 is 23.4 Å². The summed E-state index contributed by atoms with van der Waals surface area (Å²) in [5, 5.41) is 8.74. The van der Waals surface area contributed by atoms with Gasteiger partial charge in [0, 0.05) is 0 Å². The van der Waals surface area contributed by atoms with E-state index in [1.54, 1.807) is 31.2 Å². The van der Waals surface area contributed by atoms with Crippen LogP contribution in [0.1, 0.15) is 12.5 Å². The monoisotopic (exact) mass is 244 g/mol. The molecule has 1 unspecified atom stereocenters. The molecule has 0 bridgehead atoms. The molecular weight excluding hydrogens is 230 g/mol. The van der Waals surface area contributed by atoms with Crippen molar-refractivity contribution >= 4 is 5.97 Å². The molecule has 0 aromatic heterocycles. The van der Waals surface area contributed by atoms with Crippen molar-refractivity contribution in [3.8, 4) is 5.75 Å². The highest BCUT2D eigenvalue weighted by molar-refractivity contribution is 5.69. The quantitative estimate of drug-likeness (QED) is 0.836. The molecule has 0 saturated heterocycles. The Morgan fingerprint density at radius 3 is 2.41 bits per heavy atom. The fourth-order valence-corrected chi connectivity index (χ4v) is 1.32. The standard InChI is InChI=1S/C12H14F2O3/c1-8(12(15)16)6-9-2-4-10(5-3-9)17-7-11(13)14/h2-5,8,11H,6-7H2,1H3,(H,15,16). The van der Waals surface area contributed by atoms with E-state index < -0.39 is 24.9 Å². The third-order valence-electron chi connectivity index (χ3n) is 2.26. The van der Waals surface area contributed by atoms with Gasteiger partial charge in [-0.15, -0.1) is 0 Å². The van der Waals surface area contributed by atoms with Crippen molar-refractivity contribution in [2.45, 2.75) is 19.8 Å². The lowest BCUT2D eigenvalue weighted by molar-refractivity contribution is -0.141. The first-order valence-electron chi connectivity index (χ1n) is 5.21. The van der Waals surface area contributed by atoms with Crippen LogP contribution in [0.4, 0.5) is 8.78 Å². The molecule has 1 aromatic rings. The Morgan fingerprint density at radius 1 is 1.35 bits per heavy atom. The molecule has 0 spiro atoms. The van der Waals surface area contributed by atoms with E-state index in [1.807, 2.05) is 0 Å². The Balaban J connectivity index is 2.53. The van der Waals surface area contributed by atoms with Gasteiger partial charge in [-0.2, -0.15) is 0 Å². The number of benzene rings is 1. The number of hydrogen-bond donors (Lipinski definition) is 1. The third kappa shape index (κ3) is 4.80. The molecule has 1 N–H and O–H groups in total. The maximum absolute atomic E-state index is 11.9. The Morgan fingerprint density at radius 2 is 1.94 bits per heavy atom. The molecule has 0 heterocycles. The van der Waals surface area contributed by atoms with Gasteiger partial charge in [0.2, 0.25) is 0 Å². The molecule has 17 heavy (non-hydrogen) atoms. The largest absolute Gasteiger partial charge is 0.488 e. The first-order chi connectivity index (χ1) is 7.99. The van der Waals surface area contributed by atoms with Crippen LogP contribution in [0.15, 0.2) is 24.3 Å².